The smallest absolute Gasteiger partial charge is 0.335 e. The quantitative estimate of drug-likeness (QED) is 0.220. The standard InChI is InChI=1S/C36H41N9O4/c1-36(2,43-17-15-41(16-18-43)28-22-48-23-28)19-25(20-37)34(46)42-14-6-7-27(21-42)45-33-31(32(38)39-24-40-33)44(35(45)47)26-10-12-30(13-11-26)49-29-8-4-3-5-9-29/h3-5,8-13,19,24,27-28H,6-7,14-18,21-23H2,1-2H3,(H2,38,39,40)/b25-19-/t27-/m1/s1. The number of likely N-dealkylation sites (tertiary alicyclic amines) is 1. The van der Waals surface area contributed by atoms with Crippen molar-refractivity contribution >= 4 is 22.9 Å². The lowest BCUT2D eigenvalue weighted by atomic mass is 9.96. The average Bonchev–Trinajstić information content (AvgIpc) is 3.40. The van der Waals surface area contributed by atoms with Crippen molar-refractivity contribution in [1.82, 2.24) is 33.8 Å². The minimum atomic E-state index is -0.487. The summed E-state index contributed by atoms with van der Waals surface area (Å²) < 4.78 is 14.4. The molecule has 0 radical (unpaired) electrons. The number of nitrogens with two attached hydrogens (primary N) is 1. The molecule has 13 nitrogen and oxygen atoms in total. The van der Waals surface area contributed by atoms with Crippen LogP contribution in [-0.4, -0.2) is 104 Å². The van der Waals surface area contributed by atoms with Gasteiger partial charge in [0, 0.05) is 44.8 Å². The topological polar surface area (TPSA) is 148 Å². The number of aromatic nitrogens is 4. The fraction of sp³-hybridized carbons (Fsp3) is 0.417. The molecule has 0 saturated carbocycles. The first kappa shape index (κ1) is 32.5. The van der Waals surface area contributed by atoms with Crippen LogP contribution in [-0.2, 0) is 9.53 Å². The normalized spacial score (nSPS) is 19.8. The summed E-state index contributed by atoms with van der Waals surface area (Å²) in [6.07, 6.45) is 4.47. The van der Waals surface area contributed by atoms with Gasteiger partial charge < -0.3 is 20.1 Å². The monoisotopic (exact) mass is 663 g/mol. The maximum absolute atomic E-state index is 14.2. The summed E-state index contributed by atoms with van der Waals surface area (Å²) in [5.74, 6) is 1.17. The number of carbonyl (C=O) groups excluding carboxylic acids is 1. The summed E-state index contributed by atoms with van der Waals surface area (Å²) in [6.45, 7) is 9.98. The second-order valence-corrected chi connectivity index (χ2v) is 13.4. The predicted molar refractivity (Wildman–Crippen MR) is 184 cm³/mol. The summed E-state index contributed by atoms with van der Waals surface area (Å²) in [5, 5.41) is 10.2. The summed E-state index contributed by atoms with van der Waals surface area (Å²) in [4.78, 5) is 43.2. The number of rotatable bonds is 8. The van der Waals surface area contributed by atoms with E-state index in [1.165, 1.54) is 10.9 Å². The molecule has 0 spiro atoms. The first-order chi connectivity index (χ1) is 23.7. The first-order valence-corrected chi connectivity index (χ1v) is 16.8. The molecular weight excluding hydrogens is 622 g/mol. The molecule has 3 aliphatic heterocycles. The van der Waals surface area contributed by atoms with E-state index in [9.17, 15) is 14.9 Å². The highest BCUT2D eigenvalue weighted by molar-refractivity contribution is 5.97. The Morgan fingerprint density at radius 2 is 1.71 bits per heavy atom. The van der Waals surface area contributed by atoms with Crippen molar-refractivity contribution in [1.29, 1.82) is 5.26 Å². The van der Waals surface area contributed by atoms with E-state index in [0.717, 1.165) is 39.4 Å². The maximum atomic E-state index is 14.2. The molecule has 1 atom stereocenters. The van der Waals surface area contributed by atoms with Gasteiger partial charge in [-0.1, -0.05) is 18.2 Å². The number of benzene rings is 2. The molecule has 49 heavy (non-hydrogen) atoms. The van der Waals surface area contributed by atoms with Gasteiger partial charge in [-0.05, 0) is 69.2 Å². The van der Waals surface area contributed by atoms with Crippen molar-refractivity contribution in [2.75, 3.05) is 58.2 Å². The van der Waals surface area contributed by atoms with Crippen LogP contribution in [0.3, 0.4) is 0 Å². The molecule has 5 heterocycles. The van der Waals surface area contributed by atoms with Gasteiger partial charge in [-0.15, -0.1) is 0 Å². The number of piperidine rings is 1. The lowest BCUT2D eigenvalue weighted by molar-refractivity contribution is -0.128. The highest BCUT2D eigenvalue weighted by Crippen LogP contribution is 2.30. The van der Waals surface area contributed by atoms with Gasteiger partial charge >= 0.3 is 5.69 Å². The van der Waals surface area contributed by atoms with E-state index in [1.807, 2.05) is 30.3 Å². The molecule has 13 heteroatoms. The zero-order valence-corrected chi connectivity index (χ0v) is 27.9. The number of nitrogen functional groups attached to an aromatic ring is 1. The fourth-order valence-electron chi connectivity index (χ4n) is 7.13. The Balaban J connectivity index is 1.12. The number of nitrogens with zero attached hydrogens (tertiary/aromatic N) is 8. The first-order valence-electron chi connectivity index (χ1n) is 16.8. The van der Waals surface area contributed by atoms with Crippen LogP contribution >= 0.6 is 0 Å². The van der Waals surface area contributed by atoms with Gasteiger partial charge in [0.25, 0.3) is 5.91 Å². The third-order valence-electron chi connectivity index (χ3n) is 9.92. The van der Waals surface area contributed by atoms with Gasteiger partial charge in [0.1, 0.15) is 35.0 Å². The van der Waals surface area contributed by atoms with E-state index in [1.54, 1.807) is 39.8 Å². The molecule has 3 aliphatic rings. The second kappa shape index (κ2) is 13.5. The molecule has 4 aromatic rings. The summed E-state index contributed by atoms with van der Waals surface area (Å²) in [6, 6.07) is 18.9. The summed E-state index contributed by atoms with van der Waals surface area (Å²) in [5.41, 5.74) is 7.02. The van der Waals surface area contributed by atoms with Gasteiger partial charge in [0.15, 0.2) is 11.5 Å². The SMILES string of the molecule is CC(C)(/C=C(/C#N)C(=O)N1CCC[C@@H](n2c(=O)n(-c3ccc(Oc4ccccc4)cc3)c3c(N)ncnc32)C1)N1CCN(C2COC2)CC1. The van der Waals surface area contributed by atoms with Gasteiger partial charge in [0.05, 0.1) is 31.0 Å². The number of ether oxygens (including phenoxy) is 2. The number of amides is 1. The van der Waals surface area contributed by atoms with Crippen molar-refractivity contribution in [3.63, 3.8) is 0 Å². The number of nitriles is 1. The minimum absolute atomic E-state index is 0.111. The maximum Gasteiger partial charge on any atom is 0.335 e. The Morgan fingerprint density at radius 3 is 2.39 bits per heavy atom. The molecule has 0 unspecified atom stereocenters. The van der Waals surface area contributed by atoms with Gasteiger partial charge in [-0.25, -0.2) is 14.8 Å². The van der Waals surface area contributed by atoms with Crippen molar-refractivity contribution in [2.24, 2.45) is 0 Å². The van der Waals surface area contributed by atoms with Crippen LogP contribution in [0.5, 0.6) is 11.5 Å². The second-order valence-electron chi connectivity index (χ2n) is 13.4. The van der Waals surface area contributed by atoms with E-state index < -0.39 is 5.54 Å². The van der Waals surface area contributed by atoms with Crippen molar-refractivity contribution in [3.05, 3.63) is 83.1 Å². The Hall–Kier alpha value is -5.03. The van der Waals surface area contributed by atoms with Crippen LogP contribution in [0.2, 0.25) is 0 Å². The van der Waals surface area contributed by atoms with E-state index in [-0.39, 0.29) is 35.6 Å². The van der Waals surface area contributed by atoms with Gasteiger partial charge in [0.2, 0.25) is 0 Å². The predicted octanol–water partition coefficient (Wildman–Crippen LogP) is 3.37. The number of fused-ring (bicyclic) bond motifs is 1. The Morgan fingerprint density at radius 1 is 1.00 bits per heavy atom. The molecule has 2 N–H and O–H groups in total. The molecule has 7 rings (SSSR count). The highest BCUT2D eigenvalue weighted by Gasteiger charge is 2.36. The van der Waals surface area contributed by atoms with E-state index in [4.69, 9.17) is 15.2 Å². The van der Waals surface area contributed by atoms with E-state index >= 15 is 0 Å². The molecule has 2 aromatic carbocycles. The van der Waals surface area contributed by atoms with Crippen molar-refractivity contribution < 1.29 is 14.3 Å². The number of imidazole rings is 1. The zero-order chi connectivity index (χ0) is 34.1. The van der Waals surface area contributed by atoms with Gasteiger partial charge in [-0.2, -0.15) is 5.26 Å². The number of carbonyl (C=O) groups is 1. The molecule has 0 bridgehead atoms. The average molecular weight is 664 g/mol. The molecule has 3 saturated heterocycles. The molecular formula is C36H41N9O4. The van der Waals surface area contributed by atoms with Crippen LogP contribution in [0.4, 0.5) is 5.82 Å². The molecule has 254 valence electrons. The van der Waals surface area contributed by atoms with Gasteiger partial charge in [-0.3, -0.25) is 23.7 Å². The number of hydrogen-bond acceptors (Lipinski definition) is 10. The van der Waals surface area contributed by atoms with Crippen LogP contribution in [0.1, 0.15) is 32.7 Å². The third kappa shape index (κ3) is 6.42. The number of piperazine rings is 1. The number of hydrogen-bond donors (Lipinski definition) is 1. The lowest BCUT2D eigenvalue weighted by Gasteiger charge is -2.46. The Labute approximate surface area is 284 Å². The fourth-order valence-corrected chi connectivity index (χ4v) is 7.13. The van der Waals surface area contributed by atoms with E-state index in [0.29, 0.717) is 53.8 Å². The summed E-state index contributed by atoms with van der Waals surface area (Å²) >= 11 is 0. The summed E-state index contributed by atoms with van der Waals surface area (Å²) in [7, 11) is 0. The third-order valence-corrected chi connectivity index (χ3v) is 9.92. The number of para-hydroxylation sites is 1. The molecule has 3 fully saturated rings. The zero-order valence-electron chi connectivity index (χ0n) is 27.9. The Kier molecular flexibility index (Phi) is 8.94. The van der Waals surface area contributed by atoms with Crippen LogP contribution in [0.25, 0.3) is 16.9 Å². The lowest BCUT2D eigenvalue weighted by Crippen LogP contribution is -2.59. The van der Waals surface area contributed by atoms with Crippen molar-refractivity contribution in [3.8, 4) is 23.3 Å². The number of anilines is 1. The van der Waals surface area contributed by atoms with Crippen LogP contribution in [0, 0.1) is 11.3 Å². The van der Waals surface area contributed by atoms with E-state index in [2.05, 4.69) is 39.7 Å². The minimum Gasteiger partial charge on any atom is -0.457 e. The molecule has 0 aliphatic carbocycles. The van der Waals surface area contributed by atoms with Crippen LogP contribution in [0.15, 0.2) is 77.4 Å². The Bertz CT molecular complexity index is 1950. The molecule has 2 aromatic heterocycles. The van der Waals surface area contributed by atoms with Crippen LogP contribution < -0.4 is 16.2 Å². The van der Waals surface area contributed by atoms with Crippen molar-refractivity contribution in [2.45, 2.75) is 44.3 Å². The largest absolute Gasteiger partial charge is 0.457 e. The highest BCUT2D eigenvalue weighted by atomic mass is 16.5. The molecule has 1 amide bonds.